The molecule has 28 heavy (non-hydrogen) atoms. The third-order valence-corrected chi connectivity index (χ3v) is 8.50. The monoisotopic (exact) mass is 436 g/mol. The lowest BCUT2D eigenvalue weighted by molar-refractivity contribution is 0.174. The van der Waals surface area contributed by atoms with Crippen molar-refractivity contribution in [3.05, 3.63) is 9.75 Å². The molecule has 0 atom stereocenters. The minimum atomic E-state index is 0.238. The van der Waals surface area contributed by atoms with Gasteiger partial charge in [0.05, 0.1) is 16.0 Å². The summed E-state index contributed by atoms with van der Waals surface area (Å²) in [6.45, 7) is 5.04. The van der Waals surface area contributed by atoms with E-state index in [4.69, 9.17) is 28.4 Å². The van der Waals surface area contributed by atoms with Gasteiger partial charge in [0.1, 0.15) is 0 Å². The highest BCUT2D eigenvalue weighted by Gasteiger charge is 2.38. The number of ether oxygens (including phenoxy) is 6. The van der Waals surface area contributed by atoms with Gasteiger partial charge in [-0.05, 0) is 12.8 Å². The van der Waals surface area contributed by atoms with E-state index in [-0.39, 0.29) is 20.4 Å². The van der Waals surface area contributed by atoms with Gasteiger partial charge in [0.15, 0.2) is 17.2 Å². The van der Waals surface area contributed by atoms with Gasteiger partial charge in [-0.15, -0.1) is 0 Å². The second kappa shape index (κ2) is 6.20. The molecule has 0 spiro atoms. The first-order valence-electron chi connectivity index (χ1n) is 9.05. The fourth-order valence-corrected chi connectivity index (χ4v) is 7.04. The molecule has 0 aliphatic carbocycles. The van der Waals surface area contributed by atoms with Crippen LogP contribution in [-0.4, -0.2) is 20.4 Å². The Morgan fingerprint density at radius 2 is 1.04 bits per heavy atom. The molecule has 0 amide bonds. The fourth-order valence-electron chi connectivity index (χ4n) is 3.76. The summed E-state index contributed by atoms with van der Waals surface area (Å²) in [5, 5.41) is 2.48. The van der Waals surface area contributed by atoms with E-state index in [0.717, 1.165) is 66.8 Å². The molecule has 0 bridgehead atoms. The van der Waals surface area contributed by atoms with Crippen LogP contribution < -0.4 is 28.4 Å². The summed E-state index contributed by atoms with van der Waals surface area (Å²) < 4.78 is 34.7. The molecule has 146 valence electrons. The minimum Gasteiger partial charge on any atom is -0.452 e. The summed E-state index contributed by atoms with van der Waals surface area (Å²) >= 11 is 4.89. The molecule has 9 heteroatoms. The van der Waals surface area contributed by atoms with Crippen molar-refractivity contribution in [1.29, 1.82) is 0 Å². The fraction of sp³-hybridized carbons (Fsp3) is 0.368. The van der Waals surface area contributed by atoms with E-state index in [1.54, 1.807) is 34.0 Å². The number of hydrogen-bond acceptors (Lipinski definition) is 9. The summed E-state index contributed by atoms with van der Waals surface area (Å²) in [4.78, 5) is 3.52. The van der Waals surface area contributed by atoms with Gasteiger partial charge < -0.3 is 28.4 Å². The first-order chi connectivity index (χ1) is 13.8. The quantitative estimate of drug-likeness (QED) is 0.537. The smallest absolute Gasteiger partial charge is 0.232 e. The number of thiophene rings is 3. The Morgan fingerprint density at radius 3 is 1.61 bits per heavy atom. The number of hydrogen-bond donors (Lipinski definition) is 0. The van der Waals surface area contributed by atoms with Gasteiger partial charge in [-0.2, -0.15) is 0 Å². The third-order valence-electron chi connectivity index (χ3n) is 4.95. The first-order valence-corrected chi connectivity index (χ1v) is 11.5. The highest BCUT2D eigenvalue weighted by Crippen LogP contribution is 2.64. The average molecular weight is 437 g/mol. The van der Waals surface area contributed by atoms with Crippen molar-refractivity contribution in [2.75, 3.05) is 20.4 Å². The number of aryl methyl sites for hydroxylation is 2. The van der Waals surface area contributed by atoms with Gasteiger partial charge >= 0.3 is 0 Å². The van der Waals surface area contributed by atoms with Crippen molar-refractivity contribution in [1.82, 2.24) is 0 Å². The minimum absolute atomic E-state index is 0.238. The molecule has 6 nitrogen and oxygen atoms in total. The van der Waals surface area contributed by atoms with Gasteiger partial charge in [0.25, 0.3) is 0 Å². The Balaban J connectivity index is 1.66. The van der Waals surface area contributed by atoms with Gasteiger partial charge in [0, 0.05) is 15.3 Å². The molecule has 0 fully saturated rings. The van der Waals surface area contributed by atoms with Gasteiger partial charge in [-0.3, -0.25) is 0 Å². The van der Waals surface area contributed by atoms with Crippen molar-refractivity contribution < 1.29 is 28.4 Å². The molecule has 0 unspecified atom stereocenters. The van der Waals surface area contributed by atoms with Gasteiger partial charge in [-0.1, -0.05) is 47.9 Å². The normalized spacial score (nSPS) is 15.6. The maximum Gasteiger partial charge on any atom is 0.232 e. The summed E-state index contributed by atoms with van der Waals surface area (Å²) in [6, 6.07) is 0. The standard InChI is InChI=1S/C19H16O6S3/c1-3-8-10(13-17(26-8)23-5-20-13)12-15-19(25-7-22-15)28-16(12)11-9(4-2)27-18-14(11)21-6-24-18/h3-7H2,1-2H3. The molecular formula is C19H16O6S3. The Kier molecular flexibility index (Phi) is 3.72. The number of rotatable bonds is 4. The highest BCUT2D eigenvalue weighted by molar-refractivity contribution is 7.20. The van der Waals surface area contributed by atoms with Gasteiger partial charge in [-0.25, -0.2) is 0 Å². The van der Waals surface area contributed by atoms with Crippen molar-refractivity contribution in [2.24, 2.45) is 0 Å². The molecular weight excluding hydrogens is 420 g/mol. The van der Waals surface area contributed by atoms with Crippen LogP contribution in [0.25, 0.3) is 21.6 Å². The molecule has 0 saturated carbocycles. The van der Waals surface area contributed by atoms with Crippen molar-refractivity contribution in [2.45, 2.75) is 26.7 Å². The van der Waals surface area contributed by atoms with Crippen LogP contribution in [0.4, 0.5) is 0 Å². The second-order valence-corrected chi connectivity index (χ2v) is 9.50. The van der Waals surface area contributed by atoms with E-state index < -0.39 is 0 Å². The SMILES string of the molecule is CCc1sc2c(c1-c1sc3c(c1-c1c(CC)sc4c1OCO4)OCO3)OCO2. The van der Waals surface area contributed by atoms with Crippen LogP contribution in [0, 0.1) is 0 Å². The largest absolute Gasteiger partial charge is 0.452 e. The molecule has 0 radical (unpaired) electrons. The molecule has 3 aromatic heterocycles. The van der Waals surface area contributed by atoms with Crippen molar-refractivity contribution in [3.8, 4) is 54.0 Å². The molecule has 6 heterocycles. The highest BCUT2D eigenvalue weighted by atomic mass is 32.1. The Hall–Kier alpha value is -2.10. The summed E-state index contributed by atoms with van der Waals surface area (Å²) in [6.07, 6.45) is 1.78. The molecule has 0 N–H and O–H groups in total. The Morgan fingerprint density at radius 1 is 0.571 bits per heavy atom. The van der Waals surface area contributed by atoms with Crippen LogP contribution in [0.1, 0.15) is 23.6 Å². The third kappa shape index (κ3) is 2.18. The first kappa shape index (κ1) is 16.8. The van der Waals surface area contributed by atoms with E-state index >= 15 is 0 Å². The second-order valence-electron chi connectivity index (χ2n) is 6.38. The molecule has 6 rings (SSSR count). The van der Waals surface area contributed by atoms with E-state index in [9.17, 15) is 0 Å². The zero-order valence-electron chi connectivity index (χ0n) is 15.2. The van der Waals surface area contributed by atoms with Crippen molar-refractivity contribution in [3.63, 3.8) is 0 Å². The molecule has 3 aromatic rings. The lowest BCUT2D eigenvalue weighted by atomic mass is 10.00. The molecule has 3 aliphatic heterocycles. The summed E-state index contributed by atoms with van der Waals surface area (Å²) in [5.74, 6) is 2.41. The van der Waals surface area contributed by atoms with E-state index in [0.29, 0.717) is 0 Å². The topological polar surface area (TPSA) is 55.4 Å². The van der Waals surface area contributed by atoms with Crippen molar-refractivity contribution >= 4 is 34.0 Å². The van der Waals surface area contributed by atoms with Crippen LogP contribution in [0.3, 0.4) is 0 Å². The van der Waals surface area contributed by atoms with E-state index in [1.807, 2.05) is 0 Å². The van der Waals surface area contributed by atoms with Crippen LogP contribution in [0.15, 0.2) is 0 Å². The molecule has 0 aromatic carbocycles. The summed E-state index contributed by atoms with van der Waals surface area (Å²) in [7, 11) is 0. The lowest BCUT2D eigenvalue weighted by Gasteiger charge is -2.10. The molecule has 0 saturated heterocycles. The average Bonchev–Trinajstić information content (AvgIpc) is 3.46. The van der Waals surface area contributed by atoms with E-state index in [1.165, 1.54) is 9.75 Å². The molecule has 3 aliphatic rings. The van der Waals surface area contributed by atoms with Crippen LogP contribution in [0.5, 0.6) is 32.4 Å². The Bertz CT molecular complexity index is 1090. The van der Waals surface area contributed by atoms with Crippen LogP contribution in [0.2, 0.25) is 0 Å². The Labute approximate surface area is 173 Å². The zero-order chi connectivity index (χ0) is 18.8. The van der Waals surface area contributed by atoms with Crippen LogP contribution in [-0.2, 0) is 12.8 Å². The predicted molar refractivity (Wildman–Crippen MR) is 108 cm³/mol. The number of fused-ring (bicyclic) bond motifs is 3. The predicted octanol–water partition coefficient (Wildman–Crippen LogP) is 5.52. The van der Waals surface area contributed by atoms with Crippen LogP contribution >= 0.6 is 34.0 Å². The maximum absolute atomic E-state index is 5.91. The zero-order valence-corrected chi connectivity index (χ0v) is 17.7. The van der Waals surface area contributed by atoms with Gasteiger partial charge in [0.2, 0.25) is 35.6 Å². The summed E-state index contributed by atoms with van der Waals surface area (Å²) in [5.41, 5.74) is 3.16. The van der Waals surface area contributed by atoms with E-state index in [2.05, 4.69) is 13.8 Å². The lowest BCUT2D eigenvalue weighted by Crippen LogP contribution is -1.99. The maximum atomic E-state index is 5.91.